The van der Waals surface area contributed by atoms with Crippen LogP contribution in [0.5, 0.6) is 0 Å². The Morgan fingerprint density at radius 1 is 1.32 bits per heavy atom. The van der Waals surface area contributed by atoms with Gasteiger partial charge in [0.25, 0.3) is 11.5 Å². The van der Waals surface area contributed by atoms with E-state index >= 15 is 0 Å². The lowest BCUT2D eigenvalue weighted by Crippen LogP contribution is -2.46. The van der Waals surface area contributed by atoms with Crippen LogP contribution < -0.4 is 11.3 Å². The molecule has 0 aromatic carbocycles. The zero-order chi connectivity index (χ0) is 18.9. The highest BCUT2D eigenvalue weighted by molar-refractivity contribution is 7.20. The molecule has 0 atom stereocenters. The van der Waals surface area contributed by atoms with E-state index in [0.717, 1.165) is 17.8 Å². The number of hydrogen-bond acceptors (Lipinski definition) is 6. The predicted octanol–water partition coefficient (Wildman–Crippen LogP) is 2.12. The summed E-state index contributed by atoms with van der Waals surface area (Å²) in [5, 5.41) is 0.330. The van der Waals surface area contributed by atoms with Gasteiger partial charge in [-0.1, -0.05) is 6.92 Å². The summed E-state index contributed by atoms with van der Waals surface area (Å²) in [7, 11) is 0. The van der Waals surface area contributed by atoms with E-state index < -0.39 is 17.4 Å². The van der Waals surface area contributed by atoms with Gasteiger partial charge in [0, 0.05) is 6.42 Å². The number of rotatable bonds is 6. The van der Waals surface area contributed by atoms with Crippen LogP contribution in [0, 0.1) is 6.92 Å². The number of carbonyl (C=O) groups is 2. The van der Waals surface area contributed by atoms with E-state index in [4.69, 9.17) is 10.5 Å². The molecule has 2 rings (SSSR count). The summed E-state index contributed by atoms with van der Waals surface area (Å²) < 4.78 is 6.53. The van der Waals surface area contributed by atoms with Gasteiger partial charge in [-0.05, 0) is 39.7 Å². The first-order valence-electron chi connectivity index (χ1n) is 8.19. The van der Waals surface area contributed by atoms with Gasteiger partial charge in [0.2, 0.25) is 0 Å². The number of esters is 1. The van der Waals surface area contributed by atoms with Crippen LogP contribution in [0.2, 0.25) is 0 Å². The molecule has 0 saturated carbocycles. The van der Waals surface area contributed by atoms with E-state index in [0.29, 0.717) is 32.9 Å². The van der Waals surface area contributed by atoms with Gasteiger partial charge in [-0.2, -0.15) is 0 Å². The van der Waals surface area contributed by atoms with Gasteiger partial charge in [0.1, 0.15) is 16.2 Å². The maximum absolute atomic E-state index is 13.2. The fourth-order valence-electron chi connectivity index (χ4n) is 2.83. The Morgan fingerprint density at radius 2 is 1.96 bits per heavy atom. The van der Waals surface area contributed by atoms with Crippen LogP contribution in [0.25, 0.3) is 10.2 Å². The summed E-state index contributed by atoms with van der Waals surface area (Å²) in [5.74, 6) is -0.595. The minimum absolute atomic E-state index is 0.221. The number of thiophene rings is 1. The highest BCUT2D eigenvalue weighted by Gasteiger charge is 2.36. The average molecular weight is 365 g/mol. The fraction of sp³-hybridized carbons (Fsp3) is 0.529. The van der Waals surface area contributed by atoms with E-state index in [1.54, 1.807) is 27.7 Å². The van der Waals surface area contributed by atoms with Gasteiger partial charge in [0.15, 0.2) is 0 Å². The summed E-state index contributed by atoms with van der Waals surface area (Å²) >= 11 is 1.11. The number of fused-ring (bicyclic) bond motifs is 1. The van der Waals surface area contributed by atoms with E-state index in [1.165, 1.54) is 4.57 Å². The Morgan fingerprint density at radius 3 is 2.48 bits per heavy atom. The van der Waals surface area contributed by atoms with Crippen molar-refractivity contribution in [3.05, 3.63) is 26.6 Å². The summed E-state index contributed by atoms with van der Waals surface area (Å²) in [6.45, 7) is 8.84. The highest BCUT2D eigenvalue weighted by Crippen LogP contribution is 2.29. The summed E-state index contributed by atoms with van der Waals surface area (Å²) in [6, 6.07) is 0. The van der Waals surface area contributed by atoms with Crippen LogP contribution in [-0.4, -0.2) is 28.0 Å². The average Bonchev–Trinajstić information content (AvgIpc) is 2.85. The van der Waals surface area contributed by atoms with Crippen molar-refractivity contribution in [1.29, 1.82) is 0 Å². The number of hydrogen-bond donors (Lipinski definition) is 1. The molecule has 0 aliphatic rings. The SMILES string of the molecule is CCCc1nc2sc(C(N)=O)c(C)c2c(=O)n1C(C)(C)C(=O)OCC. The van der Waals surface area contributed by atoms with Crippen molar-refractivity contribution in [1.82, 2.24) is 9.55 Å². The van der Waals surface area contributed by atoms with Crippen molar-refractivity contribution in [3.8, 4) is 0 Å². The first-order chi connectivity index (χ1) is 11.7. The molecule has 0 unspecified atom stereocenters. The third-order valence-corrected chi connectivity index (χ3v) is 5.27. The Bertz CT molecular complexity index is 895. The predicted molar refractivity (Wildman–Crippen MR) is 97.1 cm³/mol. The van der Waals surface area contributed by atoms with E-state index in [2.05, 4.69) is 4.98 Å². The van der Waals surface area contributed by atoms with Gasteiger partial charge in [-0.15, -0.1) is 11.3 Å². The van der Waals surface area contributed by atoms with Gasteiger partial charge in [0.05, 0.1) is 16.9 Å². The number of nitrogens with two attached hydrogens (primary N) is 1. The second-order valence-corrected chi connectivity index (χ2v) is 7.30. The Kier molecular flexibility index (Phi) is 5.31. The lowest BCUT2D eigenvalue weighted by atomic mass is 10.0. The smallest absolute Gasteiger partial charge is 0.331 e. The molecular formula is C17H23N3O4S. The number of aryl methyl sites for hydroxylation is 2. The number of nitrogens with zero attached hydrogens (tertiary/aromatic N) is 2. The molecule has 25 heavy (non-hydrogen) atoms. The number of primary amides is 1. The second-order valence-electron chi connectivity index (χ2n) is 6.30. The van der Waals surface area contributed by atoms with Crippen LogP contribution in [0.4, 0.5) is 0 Å². The van der Waals surface area contributed by atoms with Crippen LogP contribution in [0.15, 0.2) is 4.79 Å². The van der Waals surface area contributed by atoms with Gasteiger partial charge < -0.3 is 10.5 Å². The molecule has 1 amide bonds. The minimum atomic E-state index is -1.21. The van der Waals surface area contributed by atoms with Crippen LogP contribution in [-0.2, 0) is 21.5 Å². The molecule has 136 valence electrons. The standard InChI is InChI=1S/C17H23N3O4S/c1-6-8-10-19-14-11(9(3)12(25-14)13(18)21)15(22)20(10)17(4,5)16(23)24-7-2/h6-8H2,1-5H3,(H2,18,21). The van der Waals surface area contributed by atoms with Crippen molar-refractivity contribution in [3.63, 3.8) is 0 Å². The molecule has 0 spiro atoms. The minimum Gasteiger partial charge on any atom is -0.464 e. The molecule has 0 saturated heterocycles. The molecule has 0 bridgehead atoms. The molecule has 2 heterocycles. The van der Waals surface area contributed by atoms with E-state index in [9.17, 15) is 14.4 Å². The number of amides is 1. The molecule has 7 nitrogen and oxygen atoms in total. The van der Waals surface area contributed by atoms with Crippen LogP contribution in [0.1, 0.15) is 55.2 Å². The summed E-state index contributed by atoms with van der Waals surface area (Å²) in [5.41, 5.74) is 4.34. The monoisotopic (exact) mass is 365 g/mol. The summed E-state index contributed by atoms with van der Waals surface area (Å²) in [4.78, 5) is 42.6. The topological polar surface area (TPSA) is 104 Å². The Hall–Kier alpha value is -2.22. The maximum atomic E-state index is 13.2. The van der Waals surface area contributed by atoms with Gasteiger partial charge in [-0.25, -0.2) is 9.78 Å². The van der Waals surface area contributed by atoms with Crippen LogP contribution in [0.3, 0.4) is 0 Å². The lowest BCUT2D eigenvalue weighted by Gasteiger charge is -2.27. The van der Waals surface area contributed by atoms with Gasteiger partial charge >= 0.3 is 5.97 Å². The second kappa shape index (κ2) is 6.95. The van der Waals surface area contributed by atoms with Gasteiger partial charge in [-0.3, -0.25) is 14.2 Å². The molecule has 2 aromatic heterocycles. The Labute approximate surface area is 149 Å². The van der Waals surface area contributed by atoms with E-state index in [1.807, 2.05) is 6.92 Å². The summed E-state index contributed by atoms with van der Waals surface area (Å²) in [6.07, 6.45) is 1.28. The molecule has 0 radical (unpaired) electrons. The zero-order valence-corrected chi connectivity index (χ0v) is 16.0. The fourth-order valence-corrected chi connectivity index (χ4v) is 3.87. The first kappa shape index (κ1) is 19.1. The quantitative estimate of drug-likeness (QED) is 0.790. The first-order valence-corrected chi connectivity index (χ1v) is 9.00. The Balaban J connectivity index is 2.86. The number of ether oxygens (including phenoxy) is 1. The van der Waals surface area contributed by atoms with Crippen molar-refractivity contribution >= 4 is 33.4 Å². The number of aromatic nitrogens is 2. The van der Waals surface area contributed by atoms with Crippen molar-refractivity contribution in [2.75, 3.05) is 6.61 Å². The molecule has 0 aliphatic heterocycles. The van der Waals surface area contributed by atoms with E-state index in [-0.39, 0.29) is 12.2 Å². The van der Waals surface area contributed by atoms with Crippen molar-refractivity contribution in [2.45, 2.75) is 53.0 Å². The molecule has 8 heteroatoms. The van der Waals surface area contributed by atoms with Crippen molar-refractivity contribution in [2.24, 2.45) is 5.73 Å². The molecule has 0 fully saturated rings. The molecular weight excluding hydrogens is 342 g/mol. The molecule has 2 aromatic rings. The third-order valence-electron chi connectivity index (χ3n) is 4.07. The molecule has 2 N–H and O–H groups in total. The third kappa shape index (κ3) is 3.18. The largest absolute Gasteiger partial charge is 0.464 e. The van der Waals surface area contributed by atoms with Crippen molar-refractivity contribution < 1.29 is 14.3 Å². The molecule has 0 aliphatic carbocycles. The zero-order valence-electron chi connectivity index (χ0n) is 15.1. The normalized spacial score (nSPS) is 11.7. The number of carbonyl (C=O) groups excluding carboxylic acids is 2. The highest BCUT2D eigenvalue weighted by atomic mass is 32.1. The lowest BCUT2D eigenvalue weighted by molar-refractivity contribution is -0.152. The van der Waals surface area contributed by atoms with Crippen LogP contribution >= 0.6 is 11.3 Å². The maximum Gasteiger partial charge on any atom is 0.331 e.